The van der Waals surface area contributed by atoms with Crippen molar-refractivity contribution in [3.8, 4) is 0 Å². The molecule has 0 saturated carbocycles. The van der Waals surface area contributed by atoms with Crippen LogP contribution in [-0.4, -0.2) is 149 Å². The summed E-state index contributed by atoms with van der Waals surface area (Å²) >= 11 is 4.98. The first-order chi connectivity index (χ1) is 34.6. The van der Waals surface area contributed by atoms with Crippen molar-refractivity contribution in [1.82, 2.24) is 53.6 Å². The monoisotopic (exact) mass is 1150 g/mol. The zero-order valence-corrected chi connectivity index (χ0v) is 41.2. The third-order valence-corrected chi connectivity index (χ3v) is 16.9. The van der Waals surface area contributed by atoms with Crippen LogP contribution in [0.15, 0.2) is 34.9 Å². The number of phosphoric acid groups is 3. The molecule has 0 bridgehead atoms. The highest BCUT2D eigenvalue weighted by molar-refractivity contribution is 8.06. The number of nitrogens with one attached hydrogen (secondary N) is 2. The fraction of sp³-hybridized carbons (Fsp3) is 0.516. The molecule has 37 nitrogen and oxygen atoms in total. The third kappa shape index (κ3) is 10.7. The van der Waals surface area contributed by atoms with Crippen LogP contribution in [0.1, 0.15) is 18.7 Å². The van der Waals surface area contributed by atoms with Gasteiger partial charge in [0, 0.05) is 0 Å². The van der Waals surface area contributed by atoms with Crippen molar-refractivity contribution in [2.75, 3.05) is 37.0 Å². The summed E-state index contributed by atoms with van der Waals surface area (Å²) in [6.07, 6.45) is -18.4. The molecular formula is C31H37FN15O22P4S-3. The molecule has 0 spiro atoms. The maximum absolute atomic E-state index is 16.5. The number of halogens is 1. The average Bonchev–Trinajstić information content (AvgIpc) is 4.15. The number of aliphatic hydroxyl groups excluding tert-OH is 4. The summed E-state index contributed by atoms with van der Waals surface area (Å²) in [4.78, 5) is 105. The van der Waals surface area contributed by atoms with E-state index in [0.29, 0.717) is 0 Å². The van der Waals surface area contributed by atoms with Crippen molar-refractivity contribution in [2.45, 2.75) is 73.7 Å². The molecule has 43 heteroatoms. The molecule has 0 aromatic carbocycles. The lowest BCUT2D eigenvalue weighted by molar-refractivity contribution is -0.745. The van der Waals surface area contributed by atoms with Crippen molar-refractivity contribution in [3.63, 3.8) is 0 Å². The van der Waals surface area contributed by atoms with E-state index < -0.39 is 135 Å². The van der Waals surface area contributed by atoms with Crippen LogP contribution >= 0.6 is 30.2 Å². The molecular weight excluding hydrogens is 1110 g/mol. The molecule has 3 aliphatic rings. The Labute approximate surface area is 413 Å². The number of nitrogens with two attached hydrogens (primary N) is 3. The number of fused-ring (bicyclic) bond motifs is 3. The number of aromatic amines is 2. The summed E-state index contributed by atoms with van der Waals surface area (Å²) in [6.45, 7) is -8.73. The number of imidazole rings is 3. The van der Waals surface area contributed by atoms with Crippen LogP contribution in [0.2, 0.25) is 0 Å². The van der Waals surface area contributed by atoms with Gasteiger partial charge in [0.25, 0.3) is 40.5 Å². The van der Waals surface area contributed by atoms with Gasteiger partial charge in [-0.2, -0.15) is 4.98 Å². The van der Waals surface area contributed by atoms with Crippen LogP contribution < -0.4 is 52.5 Å². The average molecular weight is 1150 g/mol. The summed E-state index contributed by atoms with van der Waals surface area (Å²) in [5, 5.41) is 43.0. The minimum Gasteiger partial charge on any atom is -0.780 e. The molecule has 0 amide bonds. The fourth-order valence-corrected chi connectivity index (χ4v) is 12.8. The first-order valence-corrected chi connectivity index (χ1v) is 27.6. The zero-order valence-electron chi connectivity index (χ0n) is 36.8. The number of hydrogen-bond donors (Lipinski definition) is 9. The minimum absolute atomic E-state index is 0.0520. The second kappa shape index (κ2) is 20.0. The molecule has 0 aliphatic carbocycles. The number of anilines is 3. The summed E-state index contributed by atoms with van der Waals surface area (Å²) in [7, 11) is -17.7. The van der Waals surface area contributed by atoms with E-state index in [1.54, 1.807) is 0 Å². The van der Waals surface area contributed by atoms with Gasteiger partial charge in [-0.3, -0.25) is 47.0 Å². The third-order valence-electron chi connectivity index (χ3n) is 11.2. The number of rotatable bonds is 18. The molecule has 404 valence electrons. The summed E-state index contributed by atoms with van der Waals surface area (Å²) < 4.78 is 103. The van der Waals surface area contributed by atoms with E-state index in [9.17, 15) is 63.3 Å². The minimum atomic E-state index is -6.60. The van der Waals surface area contributed by atoms with Crippen LogP contribution in [0.4, 0.5) is 22.1 Å². The van der Waals surface area contributed by atoms with Gasteiger partial charge in [-0.25, -0.2) is 37.5 Å². The van der Waals surface area contributed by atoms with Crippen LogP contribution in [0.25, 0.3) is 33.5 Å². The fourth-order valence-electron chi connectivity index (χ4n) is 7.99. The molecule has 16 atom stereocenters. The highest BCUT2D eigenvalue weighted by Gasteiger charge is 2.51. The number of hydrogen-bond acceptors (Lipinski definition) is 32. The van der Waals surface area contributed by atoms with Gasteiger partial charge in [-0.05, 0) is 0 Å². The predicted octanol–water partition coefficient (Wildman–Crippen LogP) is -6.80. The molecule has 6 aromatic heterocycles. The lowest BCUT2D eigenvalue weighted by Gasteiger charge is -2.35. The van der Waals surface area contributed by atoms with Crippen molar-refractivity contribution in [1.29, 1.82) is 0 Å². The Bertz CT molecular complexity index is 3460. The molecule has 74 heavy (non-hydrogen) atoms. The van der Waals surface area contributed by atoms with Crippen molar-refractivity contribution < 1.29 is 104 Å². The smallest absolute Gasteiger partial charge is 0.313 e. The number of ether oxygens (including phenoxy) is 3. The predicted molar refractivity (Wildman–Crippen MR) is 231 cm³/mol. The zero-order chi connectivity index (χ0) is 53.6. The van der Waals surface area contributed by atoms with E-state index in [4.69, 9.17) is 52.3 Å². The van der Waals surface area contributed by atoms with Crippen molar-refractivity contribution >= 4 is 93.2 Å². The Morgan fingerprint density at radius 2 is 1.31 bits per heavy atom. The lowest BCUT2D eigenvalue weighted by atomic mass is 10.1. The van der Waals surface area contributed by atoms with Crippen LogP contribution in [0.3, 0.4) is 0 Å². The molecule has 7 unspecified atom stereocenters. The van der Waals surface area contributed by atoms with E-state index in [-0.39, 0.29) is 51.2 Å². The molecule has 0 radical (unpaired) electrons. The van der Waals surface area contributed by atoms with Gasteiger partial charge in [0.2, 0.25) is 17.7 Å². The molecule has 3 saturated heterocycles. The largest absolute Gasteiger partial charge is 0.780 e. The van der Waals surface area contributed by atoms with Crippen molar-refractivity contribution in [3.05, 3.63) is 46.0 Å². The quantitative estimate of drug-likeness (QED) is 0.0285. The number of nitrogen functional groups attached to an aromatic ring is 3. The Balaban J connectivity index is 0.850. The maximum atomic E-state index is 16.5. The van der Waals surface area contributed by atoms with E-state index in [1.165, 1.54) is 17.9 Å². The van der Waals surface area contributed by atoms with Gasteiger partial charge >= 0.3 is 5.65 Å². The second-order valence-corrected chi connectivity index (χ2v) is 23.3. The lowest BCUT2D eigenvalue weighted by Crippen LogP contribution is -2.46. The second-order valence-electron chi connectivity index (χ2n) is 16.1. The molecule has 9 rings (SSSR count). The number of nitrogens with zero attached hydrogens (tertiary/aromatic N) is 10. The first kappa shape index (κ1) is 54.0. The molecule has 6 aromatic rings. The van der Waals surface area contributed by atoms with Gasteiger partial charge in [0.1, 0.15) is 67.4 Å². The highest BCUT2D eigenvalue weighted by Crippen LogP contribution is 2.63. The van der Waals surface area contributed by atoms with E-state index in [2.05, 4.69) is 57.5 Å². The number of alkyl halides is 1. The SMILES string of the molecule is Cn1c[n+]([C@@H]2O[C@H](COP(=O)([O-])OP(=O)([O-])OP(=O)([O-])OC[C@H]3O[C@@H](n4cnc5c(N)ncnc54)[C@@H](F)C3OP([O-])(=S)OC[C@H]3O[C@@H](n4cnc5c(=O)[nH]c(N)nc54)[C@@H](O)C3O)[C@H](O)C2O)c2nc(N)[nH]c(=O)c21. The number of phosphoric ester groups is 2. The maximum Gasteiger partial charge on any atom is 0.313 e. The van der Waals surface area contributed by atoms with Crippen LogP contribution in [0.5, 0.6) is 0 Å². The van der Waals surface area contributed by atoms with E-state index in [1.807, 2.05) is 0 Å². The number of aryl methyl sites for hydroxylation is 1. The molecule has 3 fully saturated rings. The van der Waals surface area contributed by atoms with Gasteiger partial charge in [-0.1, -0.05) is 16.8 Å². The normalized spacial score (nSPS) is 30.7. The van der Waals surface area contributed by atoms with E-state index in [0.717, 1.165) is 32.7 Å². The molecule has 12 N–H and O–H groups in total. The number of aromatic nitrogens is 12. The molecule has 3 aliphatic heterocycles. The van der Waals surface area contributed by atoms with E-state index >= 15 is 4.39 Å². The Morgan fingerprint density at radius 3 is 2.00 bits per heavy atom. The van der Waals surface area contributed by atoms with Gasteiger partial charge in [0.15, 0.2) is 47.6 Å². The van der Waals surface area contributed by atoms with Gasteiger partial charge in [0.05, 0.1) is 39.5 Å². The highest BCUT2D eigenvalue weighted by atomic mass is 32.5. The standard InChI is InChI=1S/C31H40FN15O22P4S/c1-44-8-47(24-15(44)26(53)43-31(35)41-24)29-19(51)16(48)9(65-29)2-61-70(54,55)68-72(58,59)69-71(56,57)62-4-11-20(12(32)27(66-11)45-6-38-13-21(33)36-5-37-22(13)45)67-73(60,74)63-3-10-17(49)18(50)28(64-10)46-7-39-14-23(46)40-30(34)42-25(14)52/h5-12,16-20,27-29,48-51H,2-4H2,1H3,(H11-,33,34,35,36,37,40,41,42,43,52,53,54,55,56,57,58,59,60,74)/p-3/t9-,10-,11-,12+,16+,17?,18+,19?,20?,27-,28-,29-,73?/m1/s1. The number of aliphatic hydroxyl groups is 4. The Morgan fingerprint density at radius 1 is 0.743 bits per heavy atom. The number of H-pyrrole nitrogens is 2. The van der Waals surface area contributed by atoms with Crippen LogP contribution in [0, 0.1) is 0 Å². The van der Waals surface area contributed by atoms with Crippen molar-refractivity contribution in [2.24, 2.45) is 7.05 Å². The summed E-state index contributed by atoms with van der Waals surface area (Å²) in [5.41, 5.74) is 14.9. The summed E-state index contributed by atoms with van der Waals surface area (Å²) in [5.74, 6) is -0.832. The van der Waals surface area contributed by atoms with Crippen LogP contribution in [-0.2, 0) is 73.5 Å². The first-order valence-electron chi connectivity index (χ1n) is 20.7. The van der Waals surface area contributed by atoms with Gasteiger partial charge in [-0.15, -0.1) is 0 Å². The van der Waals surface area contributed by atoms with Gasteiger partial charge < -0.3 is 89.5 Å². The Hall–Kier alpha value is -4.76. The Kier molecular flexibility index (Phi) is 14.6. The summed E-state index contributed by atoms with van der Waals surface area (Å²) in [6, 6.07) is 0. The molecule has 9 heterocycles. The topological polar surface area (TPSA) is 547 Å².